The average molecular weight is 425 g/mol. The van der Waals surface area contributed by atoms with E-state index in [2.05, 4.69) is 48.5 Å². The first kappa shape index (κ1) is 19.3. The van der Waals surface area contributed by atoms with Crippen molar-refractivity contribution in [3.8, 4) is 11.8 Å². The molecule has 33 heavy (non-hydrogen) atoms. The van der Waals surface area contributed by atoms with Crippen molar-refractivity contribution in [1.82, 2.24) is 0 Å². The third-order valence-electron chi connectivity index (χ3n) is 6.49. The lowest BCUT2D eigenvalue weighted by Gasteiger charge is -2.20. The van der Waals surface area contributed by atoms with E-state index in [1.807, 2.05) is 36.4 Å². The van der Waals surface area contributed by atoms with Crippen molar-refractivity contribution in [1.29, 1.82) is 5.26 Å². The van der Waals surface area contributed by atoms with Crippen LogP contribution >= 0.6 is 0 Å². The third-order valence-corrected chi connectivity index (χ3v) is 6.49. The molecule has 1 heterocycles. The zero-order valence-corrected chi connectivity index (χ0v) is 17.7. The minimum absolute atomic E-state index is 0.0853. The van der Waals surface area contributed by atoms with E-state index in [9.17, 15) is 4.79 Å². The lowest BCUT2D eigenvalue weighted by Crippen LogP contribution is -2.30. The van der Waals surface area contributed by atoms with Crippen molar-refractivity contribution in [3.63, 3.8) is 0 Å². The van der Waals surface area contributed by atoms with E-state index < -0.39 is 6.10 Å². The standard InChI is InChI=1S/C30H19NO2/c31-18-19-9-11-22(12-10-19)29(32)30-27(24-14-13-20-5-1-2-7-23(20)17-24)28-25-8-4-3-6-21(25)15-16-26(28)33-30/h1-17,27,30H/t27-,30-/m0/s1. The fourth-order valence-corrected chi connectivity index (χ4v) is 4.88. The van der Waals surface area contributed by atoms with Gasteiger partial charge >= 0.3 is 0 Å². The van der Waals surface area contributed by atoms with E-state index in [0.29, 0.717) is 11.1 Å². The van der Waals surface area contributed by atoms with Crippen molar-refractivity contribution in [2.24, 2.45) is 0 Å². The molecule has 0 amide bonds. The fourth-order valence-electron chi connectivity index (χ4n) is 4.88. The Bertz CT molecular complexity index is 1580. The lowest BCUT2D eigenvalue weighted by atomic mass is 9.82. The molecule has 2 atom stereocenters. The van der Waals surface area contributed by atoms with Gasteiger partial charge in [0.25, 0.3) is 0 Å². The number of nitriles is 1. The Morgan fingerprint density at radius 3 is 2.24 bits per heavy atom. The number of ether oxygens (including phenoxy) is 1. The number of Topliss-reactive ketones (excluding diaryl/α,β-unsaturated/α-hetero) is 1. The summed E-state index contributed by atoms with van der Waals surface area (Å²) in [5.41, 5.74) is 3.17. The van der Waals surface area contributed by atoms with Gasteiger partial charge in [-0.2, -0.15) is 5.26 Å². The predicted molar refractivity (Wildman–Crippen MR) is 130 cm³/mol. The van der Waals surface area contributed by atoms with E-state index in [1.54, 1.807) is 24.3 Å². The van der Waals surface area contributed by atoms with Gasteiger partial charge in [-0.25, -0.2) is 0 Å². The Morgan fingerprint density at radius 1 is 0.758 bits per heavy atom. The molecule has 3 nitrogen and oxygen atoms in total. The number of hydrogen-bond donors (Lipinski definition) is 0. The van der Waals surface area contributed by atoms with Crippen LogP contribution in [-0.2, 0) is 0 Å². The van der Waals surface area contributed by atoms with E-state index in [-0.39, 0.29) is 11.7 Å². The van der Waals surface area contributed by atoms with Crippen LogP contribution in [0.1, 0.15) is 33.0 Å². The minimum Gasteiger partial charge on any atom is -0.481 e. The van der Waals surface area contributed by atoms with Gasteiger partial charge in [-0.05, 0) is 57.4 Å². The second-order valence-electron chi connectivity index (χ2n) is 8.37. The largest absolute Gasteiger partial charge is 0.481 e. The summed E-state index contributed by atoms with van der Waals surface area (Å²) in [7, 11) is 0. The molecule has 0 unspecified atom stereocenters. The molecule has 0 saturated heterocycles. The Morgan fingerprint density at radius 2 is 1.45 bits per heavy atom. The van der Waals surface area contributed by atoms with Crippen molar-refractivity contribution < 1.29 is 9.53 Å². The number of fused-ring (bicyclic) bond motifs is 4. The Labute approximate surface area is 191 Å². The Balaban J connectivity index is 1.54. The summed E-state index contributed by atoms with van der Waals surface area (Å²) in [4.78, 5) is 13.7. The average Bonchev–Trinajstić information content (AvgIpc) is 3.28. The van der Waals surface area contributed by atoms with Gasteiger partial charge in [0, 0.05) is 11.1 Å². The van der Waals surface area contributed by atoms with Gasteiger partial charge < -0.3 is 4.74 Å². The van der Waals surface area contributed by atoms with Crippen LogP contribution in [0.15, 0.2) is 103 Å². The van der Waals surface area contributed by atoms with Gasteiger partial charge in [0.05, 0.1) is 17.6 Å². The molecule has 156 valence electrons. The highest BCUT2D eigenvalue weighted by Crippen LogP contribution is 2.47. The van der Waals surface area contributed by atoms with Gasteiger partial charge in [0.1, 0.15) is 5.75 Å². The molecule has 0 aromatic heterocycles. The number of nitrogens with zero attached hydrogens (tertiary/aromatic N) is 1. The van der Waals surface area contributed by atoms with Gasteiger partial charge in [0.15, 0.2) is 6.10 Å². The lowest BCUT2D eigenvalue weighted by molar-refractivity contribution is 0.0807. The molecule has 1 aliphatic rings. The number of benzene rings is 5. The molecule has 5 aromatic carbocycles. The van der Waals surface area contributed by atoms with Gasteiger partial charge in [0.2, 0.25) is 5.78 Å². The predicted octanol–water partition coefficient (Wildman–Crippen LogP) is 6.64. The molecule has 0 N–H and O–H groups in total. The summed E-state index contributed by atoms with van der Waals surface area (Å²) in [5, 5.41) is 13.6. The number of carbonyl (C=O) groups excluding carboxylic acids is 1. The summed E-state index contributed by atoms with van der Waals surface area (Å²) >= 11 is 0. The third kappa shape index (κ3) is 3.16. The van der Waals surface area contributed by atoms with E-state index in [4.69, 9.17) is 10.00 Å². The highest BCUT2D eigenvalue weighted by Gasteiger charge is 2.41. The maximum absolute atomic E-state index is 13.7. The van der Waals surface area contributed by atoms with Gasteiger partial charge in [-0.1, -0.05) is 72.8 Å². The molecule has 0 saturated carbocycles. The zero-order valence-electron chi connectivity index (χ0n) is 17.7. The first-order chi connectivity index (χ1) is 16.2. The number of carbonyl (C=O) groups is 1. The van der Waals surface area contributed by atoms with Crippen molar-refractivity contribution in [2.75, 3.05) is 0 Å². The van der Waals surface area contributed by atoms with E-state index >= 15 is 0 Å². The zero-order chi connectivity index (χ0) is 22.4. The maximum Gasteiger partial charge on any atom is 0.204 e. The Kier molecular flexibility index (Phi) is 4.45. The number of hydrogen-bond acceptors (Lipinski definition) is 3. The minimum atomic E-state index is -0.681. The number of rotatable bonds is 3. The summed E-state index contributed by atoms with van der Waals surface area (Å²) in [6.45, 7) is 0. The molecule has 0 fully saturated rings. The monoisotopic (exact) mass is 425 g/mol. The second kappa shape index (κ2) is 7.62. The molecule has 0 bridgehead atoms. The summed E-state index contributed by atoms with van der Waals surface area (Å²) in [6, 6.07) is 35.7. The van der Waals surface area contributed by atoms with Crippen LogP contribution < -0.4 is 4.74 Å². The van der Waals surface area contributed by atoms with E-state index in [1.165, 1.54) is 0 Å². The van der Waals surface area contributed by atoms with Crippen LogP contribution in [0.4, 0.5) is 0 Å². The van der Waals surface area contributed by atoms with Gasteiger partial charge in [-0.15, -0.1) is 0 Å². The summed E-state index contributed by atoms with van der Waals surface area (Å²) < 4.78 is 6.35. The quantitative estimate of drug-likeness (QED) is 0.304. The molecule has 0 aliphatic carbocycles. The first-order valence-corrected chi connectivity index (χ1v) is 10.9. The fraction of sp³-hybridized carbons (Fsp3) is 0.0667. The molecule has 3 heteroatoms. The maximum atomic E-state index is 13.7. The van der Waals surface area contributed by atoms with Crippen LogP contribution in [0.5, 0.6) is 5.75 Å². The molecule has 6 rings (SSSR count). The highest BCUT2D eigenvalue weighted by atomic mass is 16.5. The molecule has 0 spiro atoms. The molecule has 0 radical (unpaired) electrons. The van der Waals surface area contributed by atoms with E-state index in [0.717, 1.165) is 38.4 Å². The van der Waals surface area contributed by atoms with Gasteiger partial charge in [-0.3, -0.25) is 4.79 Å². The van der Waals surface area contributed by atoms with Crippen LogP contribution in [0, 0.1) is 11.3 Å². The first-order valence-electron chi connectivity index (χ1n) is 10.9. The van der Waals surface area contributed by atoms with Crippen molar-refractivity contribution >= 4 is 27.3 Å². The van der Waals surface area contributed by atoms with Crippen LogP contribution in [0.3, 0.4) is 0 Å². The molecule has 1 aliphatic heterocycles. The number of ketones is 1. The highest BCUT2D eigenvalue weighted by molar-refractivity contribution is 6.03. The second-order valence-corrected chi connectivity index (χ2v) is 8.37. The normalized spacial score (nSPS) is 16.8. The molecular formula is C30H19NO2. The SMILES string of the molecule is N#Cc1ccc(C(=O)[C@H]2Oc3ccc4ccccc4c3[C@@H]2c2ccc3ccccc3c2)cc1. The Hall–Kier alpha value is -4.42. The van der Waals surface area contributed by atoms with Crippen molar-refractivity contribution in [2.45, 2.75) is 12.0 Å². The van der Waals surface area contributed by atoms with Crippen LogP contribution in [0.2, 0.25) is 0 Å². The van der Waals surface area contributed by atoms with Crippen LogP contribution in [0.25, 0.3) is 21.5 Å². The summed E-state index contributed by atoms with van der Waals surface area (Å²) in [6.07, 6.45) is -0.681. The summed E-state index contributed by atoms with van der Waals surface area (Å²) in [5.74, 6) is 0.427. The van der Waals surface area contributed by atoms with Crippen LogP contribution in [-0.4, -0.2) is 11.9 Å². The molecule has 5 aromatic rings. The van der Waals surface area contributed by atoms with Crippen molar-refractivity contribution in [3.05, 3.63) is 125 Å². The topological polar surface area (TPSA) is 50.1 Å². The smallest absolute Gasteiger partial charge is 0.204 e. The molecular weight excluding hydrogens is 406 g/mol.